The number of anilines is 1. The monoisotopic (exact) mass is 268 g/mol. The van der Waals surface area contributed by atoms with Crippen molar-refractivity contribution in [2.45, 2.75) is 26.7 Å². The molecule has 5 nitrogen and oxygen atoms in total. The molecule has 0 aliphatic rings. The van der Waals surface area contributed by atoms with Gasteiger partial charge in [0.05, 0.1) is 17.3 Å². The van der Waals surface area contributed by atoms with E-state index in [4.69, 9.17) is 15.7 Å². The molecule has 1 aromatic heterocycles. The molecule has 0 fully saturated rings. The molecule has 0 aliphatic carbocycles. The molecule has 0 amide bonds. The van der Waals surface area contributed by atoms with Gasteiger partial charge in [-0.15, -0.1) is 0 Å². The van der Waals surface area contributed by atoms with E-state index >= 15 is 0 Å². The molecule has 20 heavy (non-hydrogen) atoms. The van der Waals surface area contributed by atoms with Crippen molar-refractivity contribution in [3.8, 4) is 17.7 Å². The molecule has 0 saturated heterocycles. The van der Waals surface area contributed by atoms with E-state index in [9.17, 15) is 0 Å². The van der Waals surface area contributed by atoms with Gasteiger partial charge in [0.2, 0.25) is 5.88 Å². The zero-order chi connectivity index (χ0) is 14.7. The number of benzene rings is 1. The van der Waals surface area contributed by atoms with Crippen LogP contribution in [0.25, 0.3) is 0 Å². The number of ether oxygens (including phenoxy) is 1. The van der Waals surface area contributed by atoms with Crippen LogP contribution in [0.3, 0.4) is 0 Å². The van der Waals surface area contributed by atoms with Crippen LogP contribution in [-0.2, 0) is 0 Å². The highest BCUT2D eigenvalue weighted by Gasteiger charge is 2.09. The van der Waals surface area contributed by atoms with Crippen LogP contribution in [0, 0.1) is 18.3 Å². The predicted molar refractivity (Wildman–Crippen MR) is 76.5 cm³/mol. The summed E-state index contributed by atoms with van der Waals surface area (Å²) in [6, 6.07) is 8.68. The first-order valence-electron chi connectivity index (χ1n) is 6.32. The second-order valence-electron chi connectivity index (χ2n) is 4.83. The van der Waals surface area contributed by atoms with Crippen LogP contribution in [0.4, 0.5) is 5.69 Å². The number of aryl methyl sites for hydroxylation is 1. The summed E-state index contributed by atoms with van der Waals surface area (Å²) in [6.07, 6.45) is 0. The molecule has 0 radical (unpaired) electrons. The van der Waals surface area contributed by atoms with Gasteiger partial charge in [0.25, 0.3) is 0 Å². The zero-order valence-corrected chi connectivity index (χ0v) is 11.7. The van der Waals surface area contributed by atoms with Crippen molar-refractivity contribution >= 4 is 5.69 Å². The molecule has 2 N–H and O–H groups in total. The number of nitrogen functional groups attached to an aromatic ring is 1. The molecule has 5 heteroatoms. The Balaban J connectivity index is 2.33. The summed E-state index contributed by atoms with van der Waals surface area (Å²) in [7, 11) is 0. The van der Waals surface area contributed by atoms with Crippen LogP contribution in [0.2, 0.25) is 0 Å². The van der Waals surface area contributed by atoms with Crippen molar-refractivity contribution in [2.24, 2.45) is 0 Å². The average molecular weight is 268 g/mol. The number of rotatable bonds is 3. The summed E-state index contributed by atoms with van der Waals surface area (Å²) >= 11 is 0. The minimum Gasteiger partial charge on any atom is -0.437 e. The maximum absolute atomic E-state index is 8.81. The maximum Gasteiger partial charge on any atom is 0.222 e. The van der Waals surface area contributed by atoms with E-state index in [-0.39, 0.29) is 5.92 Å². The smallest absolute Gasteiger partial charge is 0.222 e. The normalized spacial score (nSPS) is 10.3. The molecule has 0 unspecified atom stereocenters. The third-order valence-electron chi connectivity index (χ3n) is 2.72. The topological polar surface area (TPSA) is 84.8 Å². The largest absolute Gasteiger partial charge is 0.437 e. The maximum atomic E-state index is 8.81. The van der Waals surface area contributed by atoms with Crippen LogP contribution >= 0.6 is 0 Å². The van der Waals surface area contributed by atoms with Gasteiger partial charge in [0.1, 0.15) is 5.82 Å². The van der Waals surface area contributed by atoms with Gasteiger partial charge in [0, 0.05) is 17.7 Å². The highest BCUT2D eigenvalue weighted by atomic mass is 16.5. The first kappa shape index (κ1) is 13.8. The first-order chi connectivity index (χ1) is 9.49. The molecule has 0 spiro atoms. The third kappa shape index (κ3) is 3.04. The molecule has 0 aliphatic heterocycles. The SMILES string of the molecule is Cc1cc(Oc2ccc(C#N)cc2N)nc(C(C)C)n1. The predicted octanol–water partition coefficient (Wildman–Crippen LogP) is 3.15. The zero-order valence-electron chi connectivity index (χ0n) is 11.7. The summed E-state index contributed by atoms with van der Waals surface area (Å²) < 4.78 is 5.69. The van der Waals surface area contributed by atoms with Gasteiger partial charge in [-0.25, -0.2) is 4.98 Å². The Labute approximate surface area is 118 Å². The number of hydrogen-bond acceptors (Lipinski definition) is 5. The van der Waals surface area contributed by atoms with Crippen LogP contribution in [-0.4, -0.2) is 9.97 Å². The molecular weight excluding hydrogens is 252 g/mol. The fourth-order valence-corrected chi connectivity index (χ4v) is 1.70. The molecule has 0 bridgehead atoms. The Bertz CT molecular complexity index is 674. The molecule has 0 atom stereocenters. The summed E-state index contributed by atoms with van der Waals surface area (Å²) in [6.45, 7) is 5.94. The molecule has 1 heterocycles. The molecule has 2 rings (SSSR count). The second kappa shape index (κ2) is 5.57. The highest BCUT2D eigenvalue weighted by Crippen LogP contribution is 2.28. The van der Waals surface area contributed by atoms with E-state index in [0.29, 0.717) is 22.9 Å². The van der Waals surface area contributed by atoms with Crippen LogP contribution in [0.1, 0.15) is 36.8 Å². The van der Waals surface area contributed by atoms with Crippen molar-refractivity contribution in [3.05, 3.63) is 41.3 Å². The Morgan fingerprint density at radius 2 is 2.00 bits per heavy atom. The Hall–Kier alpha value is -2.61. The number of nitriles is 1. The lowest BCUT2D eigenvalue weighted by atomic mass is 10.2. The van der Waals surface area contributed by atoms with Crippen molar-refractivity contribution in [2.75, 3.05) is 5.73 Å². The molecule has 0 saturated carbocycles. The van der Waals surface area contributed by atoms with Gasteiger partial charge in [0.15, 0.2) is 5.75 Å². The quantitative estimate of drug-likeness (QED) is 0.864. The van der Waals surface area contributed by atoms with E-state index in [1.54, 1.807) is 24.3 Å². The number of aromatic nitrogens is 2. The summed E-state index contributed by atoms with van der Waals surface area (Å²) in [5.74, 6) is 1.89. The lowest BCUT2D eigenvalue weighted by molar-refractivity contribution is 0.458. The fraction of sp³-hybridized carbons (Fsp3) is 0.267. The van der Waals surface area contributed by atoms with E-state index in [2.05, 4.69) is 9.97 Å². The number of nitrogens with two attached hydrogens (primary N) is 1. The van der Waals surface area contributed by atoms with E-state index < -0.39 is 0 Å². The summed E-state index contributed by atoms with van der Waals surface area (Å²) in [5.41, 5.74) is 7.61. The van der Waals surface area contributed by atoms with Crippen molar-refractivity contribution < 1.29 is 4.74 Å². The highest BCUT2D eigenvalue weighted by molar-refractivity contribution is 5.57. The standard InChI is InChI=1S/C15H16N4O/c1-9(2)15-18-10(3)6-14(19-15)20-13-5-4-11(8-16)7-12(13)17/h4-7,9H,17H2,1-3H3. The number of hydrogen-bond donors (Lipinski definition) is 1. The van der Waals surface area contributed by atoms with Crippen LogP contribution < -0.4 is 10.5 Å². The van der Waals surface area contributed by atoms with Crippen molar-refractivity contribution in [1.82, 2.24) is 9.97 Å². The minimum absolute atomic E-state index is 0.218. The molecule has 1 aromatic carbocycles. The summed E-state index contributed by atoms with van der Waals surface area (Å²) in [5, 5.41) is 8.81. The van der Waals surface area contributed by atoms with Crippen LogP contribution in [0.15, 0.2) is 24.3 Å². The van der Waals surface area contributed by atoms with Gasteiger partial charge in [-0.2, -0.15) is 10.2 Å². The molecule has 102 valence electrons. The second-order valence-corrected chi connectivity index (χ2v) is 4.83. The molecular formula is C15H16N4O. The van der Waals surface area contributed by atoms with Gasteiger partial charge < -0.3 is 10.5 Å². The van der Waals surface area contributed by atoms with Gasteiger partial charge in [-0.3, -0.25) is 0 Å². The average Bonchev–Trinajstić information content (AvgIpc) is 2.40. The lowest BCUT2D eigenvalue weighted by Crippen LogP contribution is -2.02. The third-order valence-corrected chi connectivity index (χ3v) is 2.72. The summed E-state index contributed by atoms with van der Waals surface area (Å²) in [4.78, 5) is 8.72. The van der Waals surface area contributed by atoms with Crippen LogP contribution in [0.5, 0.6) is 11.6 Å². The minimum atomic E-state index is 0.218. The van der Waals surface area contributed by atoms with Crippen molar-refractivity contribution in [3.63, 3.8) is 0 Å². The number of nitrogens with zero attached hydrogens (tertiary/aromatic N) is 3. The van der Waals surface area contributed by atoms with Gasteiger partial charge in [-0.1, -0.05) is 13.8 Å². The van der Waals surface area contributed by atoms with Gasteiger partial charge in [-0.05, 0) is 25.1 Å². The Morgan fingerprint density at radius 1 is 1.25 bits per heavy atom. The van der Waals surface area contributed by atoms with Crippen molar-refractivity contribution in [1.29, 1.82) is 5.26 Å². The van der Waals surface area contributed by atoms with E-state index in [1.807, 2.05) is 26.8 Å². The Morgan fingerprint density at radius 3 is 2.60 bits per heavy atom. The Kier molecular flexibility index (Phi) is 3.85. The first-order valence-corrected chi connectivity index (χ1v) is 6.32. The van der Waals surface area contributed by atoms with E-state index in [1.165, 1.54) is 0 Å². The van der Waals surface area contributed by atoms with E-state index in [0.717, 1.165) is 11.5 Å². The lowest BCUT2D eigenvalue weighted by Gasteiger charge is -2.11. The fourth-order valence-electron chi connectivity index (χ4n) is 1.70. The molecule has 2 aromatic rings. The van der Waals surface area contributed by atoms with Gasteiger partial charge >= 0.3 is 0 Å².